The van der Waals surface area contributed by atoms with Crippen LogP contribution in [0.25, 0.3) is 6.08 Å². The van der Waals surface area contributed by atoms with Gasteiger partial charge in [-0.1, -0.05) is 60.7 Å². The molecule has 0 aliphatic heterocycles. The van der Waals surface area contributed by atoms with Crippen LogP contribution < -0.4 is 5.73 Å². The number of halogens is 1. The van der Waals surface area contributed by atoms with Gasteiger partial charge in [0.25, 0.3) is 5.22 Å². The SMILES string of the molecule is Cl.NCCCCCc1nnc(SC/C=C/c2ccccc2)o1. The third kappa shape index (κ3) is 7.11. The third-order valence-electron chi connectivity index (χ3n) is 2.96. The molecule has 0 aliphatic rings. The monoisotopic (exact) mass is 339 g/mol. The second-order valence-corrected chi connectivity index (χ2v) is 5.66. The van der Waals surface area contributed by atoms with Gasteiger partial charge in [0.15, 0.2) is 0 Å². The van der Waals surface area contributed by atoms with E-state index in [0.717, 1.165) is 43.9 Å². The summed E-state index contributed by atoms with van der Waals surface area (Å²) >= 11 is 1.56. The van der Waals surface area contributed by atoms with E-state index in [4.69, 9.17) is 10.2 Å². The number of aromatic nitrogens is 2. The van der Waals surface area contributed by atoms with Crippen LogP contribution in [0.4, 0.5) is 0 Å². The van der Waals surface area contributed by atoms with Crippen LogP contribution in [0.3, 0.4) is 0 Å². The average Bonchev–Trinajstić information content (AvgIpc) is 2.97. The zero-order valence-corrected chi connectivity index (χ0v) is 14.1. The zero-order valence-electron chi connectivity index (χ0n) is 12.5. The Kier molecular flexibility index (Phi) is 9.62. The number of hydrogen-bond donors (Lipinski definition) is 1. The van der Waals surface area contributed by atoms with Crippen molar-refractivity contribution in [3.63, 3.8) is 0 Å². The third-order valence-corrected chi connectivity index (χ3v) is 3.73. The van der Waals surface area contributed by atoms with Crippen LogP contribution in [0.2, 0.25) is 0 Å². The highest BCUT2D eigenvalue weighted by Gasteiger charge is 2.05. The molecular weight excluding hydrogens is 318 g/mol. The molecular formula is C16H22ClN3OS. The molecule has 0 radical (unpaired) electrons. The number of hydrogen-bond acceptors (Lipinski definition) is 5. The van der Waals surface area contributed by atoms with E-state index in [9.17, 15) is 0 Å². The first kappa shape index (κ1) is 18.7. The molecule has 0 unspecified atom stereocenters. The smallest absolute Gasteiger partial charge is 0.276 e. The second-order valence-electron chi connectivity index (χ2n) is 4.69. The molecule has 2 aromatic rings. The first-order valence-corrected chi connectivity index (χ1v) is 8.24. The molecule has 0 saturated carbocycles. The maximum Gasteiger partial charge on any atom is 0.276 e. The minimum atomic E-state index is 0. The van der Waals surface area contributed by atoms with Crippen molar-refractivity contribution < 1.29 is 4.42 Å². The first-order valence-electron chi connectivity index (χ1n) is 7.25. The maximum absolute atomic E-state index is 5.59. The summed E-state index contributed by atoms with van der Waals surface area (Å²) in [5.41, 5.74) is 6.66. The van der Waals surface area contributed by atoms with Gasteiger partial charge in [0, 0.05) is 12.2 Å². The Hall–Kier alpha value is -1.30. The van der Waals surface area contributed by atoms with Gasteiger partial charge in [-0.25, -0.2) is 0 Å². The highest BCUT2D eigenvalue weighted by molar-refractivity contribution is 7.99. The van der Waals surface area contributed by atoms with Gasteiger partial charge in [0.05, 0.1) is 0 Å². The van der Waals surface area contributed by atoms with Crippen LogP contribution in [-0.4, -0.2) is 22.5 Å². The Bertz CT molecular complexity index is 545. The molecule has 2 rings (SSSR count). The molecule has 0 spiro atoms. The summed E-state index contributed by atoms with van der Waals surface area (Å²) in [6.07, 6.45) is 8.26. The Balaban J connectivity index is 0.00000242. The fourth-order valence-electron chi connectivity index (χ4n) is 1.86. The van der Waals surface area contributed by atoms with Crippen LogP contribution in [0.5, 0.6) is 0 Å². The standard InChI is InChI=1S/C16H21N3OS.ClH/c17-12-6-2-5-11-15-18-19-16(20-15)21-13-7-10-14-8-3-1-4-9-14;/h1,3-4,7-10H,2,5-6,11-13,17H2;1H/b10-7+;. The van der Waals surface area contributed by atoms with E-state index in [-0.39, 0.29) is 12.4 Å². The Morgan fingerprint density at radius 2 is 1.91 bits per heavy atom. The summed E-state index contributed by atoms with van der Waals surface area (Å²) in [7, 11) is 0. The highest BCUT2D eigenvalue weighted by atomic mass is 35.5. The van der Waals surface area contributed by atoms with E-state index in [1.165, 1.54) is 5.56 Å². The molecule has 0 saturated heterocycles. The molecule has 0 bridgehead atoms. The van der Waals surface area contributed by atoms with Crippen molar-refractivity contribution in [3.05, 3.63) is 47.9 Å². The van der Waals surface area contributed by atoms with Gasteiger partial charge in [0.2, 0.25) is 5.89 Å². The largest absolute Gasteiger partial charge is 0.416 e. The van der Waals surface area contributed by atoms with Crippen LogP contribution >= 0.6 is 24.2 Å². The summed E-state index contributed by atoms with van der Waals surface area (Å²) in [6.45, 7) is 0.749. The van der Waals surface area contributed by atoms with Crippen LogP contribution in [0.15, 0.2) is 46.0 Å². The van der Waals surface area contributed by atoms with Gasteiger partial charge in [-0.15, -0.1) is 22.6 Å². The van der Waals surface area contributed by atoms with Crippen molar-refractivity contribution in [2.45, 2.75) is 30.9 Å². The van der Waals surface area contributed by atoms with E-state index in [2.05, 4.69) is 34.5 Å². The van der Waals surface area contributed by atoms with E-state index >= 15 is 0 Å². The number of nitrogens with two attached hydrogens (primary N) is 1. The summed E-state index contributed by atoms with van der Waals surface area (Å²) in [5.74, 6) is 1.55. The molecule has 6 heteroatoms. The van der Waals surface area contributed by atoms with Crippen molar-refractivity contribution in [2.75, 3.05) is 12.3 Å². The summed E-state index contributed by atoms with van der Waals surface area (Å²) in [6, 6.07) is 10.2. The van der Waals surface area contributed by atoms with Gasteiger partial charge in [-0.05, 0) is 24.9 Å². The van der Waals surface area contributed by atoms with Gasteiger partial charge in [0.1, 0.15) is 0 Å². The highest BCUT2D eigenvalue weighted by Crippen LogP contribution is 2.17. The van der Waals surface area contributed by atoms with Crippen molar-refractivity contribution in [1.82, 2.24) is 10.2 Å². The molecule has 120 valence electrons. The molecule has 2 N–H and O–H groups in total. The lowest BCUT2D eigenvalue weighted by Crippen LogP contribution is -1.98. The van der Waals surface area contributed by atoms with E-state index in [0.29, 0.717) is 5.22 Å². The lowest BCUT2D eigenvalue weighted by molar-refractivity contribution is 0.407. The fraction of sp³-hybridized carbons (Fsp3) is 0.375. The Morgan fingerprint density at radius 1 is 1.09 bits per heavy atom. The second kappa shape index (κ2) is 11.3. The predicted octanol–water partition coefficient (Wildman–Crippen LogP) is 3.97. The molecule has 0 fully saturated rings. The molecule has 0 atom stereocenters. The maximum atomic E-state index is 5.59. The zero-order chi connectivity index (χ0) is 14.8. The Morgan fingerprint density at radius 3 is 2.68 bits per heavy atom. The van der Waals surface area contributed by atoms with E-state index in [1.54, 1.807) is 11.8 Å². The van der Waals surface area contributed by atoms with Crippen LogP contribution in [0, 0.1) is 0 Å². The van der Waals surface area contributed by atoms with Crippen molar-refractivity contribution in [1.29, 1.82) is 0 Å². The fourth-order valence-corrected chi connectivity index (χ4v) is 2.45. The molecule has 4 nitrogen and oxygen atoms in total. The summed E-state index contributed by atoms with van der Waals surface area (Å²) < 4.78 is 5.59. The van der Waals surface area contributed by atoms with Crippen LogP contribution in [-0.2, 0) is 6.42 Å². The van der Waals surface area contributed by atoms with E-state index in [1.807, 2.05) is 18.2 Å². The Labute approximate surface area is 142 Å². The van der Waals surface area contributed by atoms with Gasteiger partial charge < -0.3 is 10.2 Å². The van der Waals surface area contributed by atoms with Crippen molar-refractivity contribution >= 4 is 30.2 Å². The number of nitrogens with zero attached hydrogens (tertiary/aromatic N) is 2. The predicted molar refractivity (Wildman–Crippen MR) is 94.4 cm³/mol. The van der Waals surface area contributed by atoms with Gasteiger partial charge in [-0.3, -0.25) is 0 Å². The van der Waals surface area contributed by atoms with Gasteiger partial charge in [-0.2, -0.15) is 0 Å². The molecule has 0 amide bonds. The number of unbranched alkanes of at least 4 members (excludes halogenated alkanes) is 2. The number of benzene rings is 1. The van der Waals surface area contributed by atoms with E-state index < -0.39 is 0 Å². The normalized spacial score (nSPS) is 10.8. The van der Waals surface area contributed by atoms with Crippen molar-refractivity contribution in [2.24, 2.45) is 5.73 Å². The minimum absolute atomic E-state index is 0. The van der Waals surface area contributed by atoms with Gasteiger partial charge >= 0.3 is 0 Å². The molecule has 1 aromatic carbocycles. The number of aryl methyl sites for hydroxylation is 1. The lowest BCUT2D eigenvalue weighted by Gasteiger charge is -1.95. The van der Waals surface area contributed by atoms with Crippen LogP contribution in [0.1, 0.15) is 30.7 Å². The minimum Gasteiger partial charge on any atom is -0.416 e. The number of thioether (sulfide) groups is 1. The average molecular weight is 340 g/mol. The first-order chi connectivity index (χ1) is 10.4. The lowest BCUT2D eigenvalue weighted by atomic mass is 10.2. The number of rotatable bonds is 9. The quantitative estimate of drug-likeness (QED) is 0.553. The molecule has 1 aromatic heterocycles. The molecule has 22 heavy (non-hydrogen) atoms. The summed E-state index contributed by atoms with van der Waals surface area (Å²) in [5, 5.41) is 8.75. The van der Waals surface area contributed by atoms with Crippen molar-refractivity contribution in [3.8, 4) is 0 Å². The topological polar surface area (TPSA) is 64.9 Å². The summed E-state index contributed by atoms with van der Waals surface area (Å²) in [4.78, 5) is 0. The molecule has 0 aliphatic carbocycles. The molecule has 1 heterocycles.